The van der Waals surface area contributed by atoms with Gasteiger partial charge in [-0.3, -0.25) is 0 Å². The summed E-state index contributed by atoms with van der Waals surface area (Å²) < 4.78 is 11.5. The molecular formula is C14H26IO5-. The summed E-state index contributed by atoms with van der Waals surface area (Å²) in [4.78, 5) is 2.17. The summed E-state index contributed by atoms with van der Waals surface area (Å²) in [5.41, 5.74) is 0. The summed E-state index contributed by atoms with van der Waals surface area (Å²) in [6.07, 6.45) is -0.0377. The first-order valence-corrected chi connectivity index (χ1v) is 10.6. The fraction of sp³-hybridized carbons (Fsp3) is 1.00. The maximum absolute atomic E-state index is 10.0. The standard InChI is InChI=1S/C14H26IO5/c1-7(16)11(15-3)14-10(20-14)5-4-9-6-19-8(2)12(17)13(9)18/h7-14,16-18H,4-6H2,1-3H3/q-1/t7-,8?,9?,10-,11?,12-,13+,14+/m0/s1. The van der Waals surface area contributed by atoms with Gasteiger partial charge in [0.05, 0.1) is 0 Å². The third-order valence-electron chi connectivity index (χ3n) is 4.36. The molecular weight excluding hydrogens is 375 g/mol. The van der Waals surface area contributed by atoms with Gasteiger partial charge in [-0.2, -0.15) is 0 Å². The Hall–Kier alpha value is 0.530. The second-order valence-electron chi connectivity index (χ2n) is 5.90. The van der Waals surface area contributed by atoms with Crippen LogP contribution in [0.15, 0.2) is 0 Å². The molecule has 0 amide bonds. The van der Waals surface area contributed by atoms with Crippen molar-refractivity contribution in [3.63, 3.8) is 0 Å². The summed E-state index contributed by atoms with van der Waals surface area (Å²) in [5, 5.41) is 29.6. The van der Waals surface area contributed by atoms with Gasteiger partial charge in [0, 0.05) is 0 Å². The van der Waals surface area contributed by atoms with E-state index in [1.165, 1.54) is 0 Å². The zero-order valence-electron chi connectivity index (χ0n) is 12.3. The molecule has 2 aliphatic heterocycles. The molecule has 0 spiro atoms. The van der Waals surface area contributed by atoms with Gasteiger partial charge >= 0.3 is 131 Å². The van der Waals surface area contributed by atoms with Crippen LogP contribution in [0.1, 0.15) is 26.7 Å². The van der Waals surface area contributed by atoms with Crippen LogP contribution >= 0.6 is 0 Å². The minimum atomic E-state index is -0.795. The predicted octanol–water partition coefficient (Wildman–Crippen LogP) is -3.24. The maximum atomic E-state index is 10.0. The molecule has 0 saturated carbocycles. The van der Waals surface area contributed by atoms with Gasteiger partial charge in [-0.1, -0.05) is 0 Å². The molecule has 0 aromatic rings. The van der Waals surface area contributed by atoms with E-state index >= 15 is 0 Å². The first kappa shape index (κ1) is 16.9. The number of alkyl halides is 2. The molecule has 0 bridgehead atoms. The monoisotopic (exact) mass is 401 g/mol. The number of aliphatic hydroxyl groups is 3. The Morgan fingerprint density at radius 2 is 1.95 bits per heavy atom. The first-order valence-electron chi connectivity index (χ1n) is 7.25. The molecule has 2 heterocycles. The summed E-state index contributed by atoms with van der Waals surface area (Å²) in [7, 11) is 0. The topological polar surface area (TPSA) is 82.5 Å². The van der Waals surface area contributed by atoms with Gasteiger partial charge in [0.25, 0.3) is 0 Å². The molecule has 6 heteroatoms. The summed E-state index contributed by atoms with van der Waals surface area (Å²) >= 11 is -0.0421. The van der Waals surface area contributed by atoms with Crippen LogP contribution in [0.2, 0.25) is 0 Å². The Bertz CT molecular complexity index is 314. The van der Waals surface area contributed by atoms with Gasteiger partial charge in [-0.25, -0.2) is 0 Å². The average Bonchev–Trinajstić information content (AvgIpc) is 3.15. The van der Waals surface area contributed by atoms with E-state index in [0.717, 1.165) is 12.8 Å². The second kappa shape index (κ2) is 7.19. The Kier molecular flexibility index (Phi) is 6.08. The molecule has 3 unspecified atom stereocenters. The van der Waals surface area contributed by atoms with Gasteiger partial charge < -0.3 is 0 Å². The van der Waals surface area contributed by atoms with Crippen LogP contribution in [0.25, 0.3) is 0 Å². The molecule has 2 aliphatic rings. The third kappa shape index (κ3) is 3.84. The van der Waals surface area contributed by atoms with Crippen molar-refractivity contribution in [1.29, 1.82) is 0 Å². The zero-order chi connectivity index (χ0) is 14.9. The molecule has 8 atom stereocenters. The van der Waals surface area contributed by atoms with E-state index in [0.29, 0.717) is 10.5 Å². The van der Waals surface area contributed by atoms with Crippen molar-refractivity contribution < 1.29 is 46.0 Å². The van der Waals surface area contributed by atoms with Crippen LogP contribution in [0.4, 0.5) is 0 Å². The Labute approximate surface area is 130 Å². The Morgan fingerprint density at radius 3 is 2.55 bits per heavy atom. The normalized spacial score (nSPS) is 44.3. The number of rotatable bonds is 6. The number of epoxide rings is 1. The summed E-state index contributed by atoms with van der Waals surface area (Å²) in [6.45, 7) is 4.11. The first-order chi connectivity index (χ1) is 9.45. The molecule has 20 heavy (non-hydrogen) atoms. The van der Waals surface area contributed by atoms with E-state index in [-0.39, 0.29) is 51.5 Å². The van der Waals surface area contributed by atoms with Crippen molar-refractivity contribution >= 4 is 0 Å². The van der Waals surface area contributed by atoms with Gasteiger partial charge in [0.1, 0.15) is 0 Å². The van der Waals surface area contributed by atoms with Gasteiger partial charge in [0.15, 0.2) is 0 Å². The zero-order valence-corrected chi connectivity index (χ0v) is 14.4. The molecule has 2 saturated heterocycles. The molecule has 0 aromatic carbocycles. The van der Waals surface area contributed by atoms with Crippen LogP contribution in [-0.4, -0.2) is 67.4 Å². The number of halogens is 1. The molecule has 2 fully saturated rings. The van der Waals surface area contributed by atoms with E-state index in [4.69, 9.17) is 9.47 Å². The minimum absolute atomic E-state index is 0.0209. The molecule has 5 nitrogen and oxygen atoms in total. The number of hydrogen-bond acceptors (Lipinski definition) is 5. The number of hydrogen-bond donors (Lipinski definition) is 3. The van der Waals surface area contributed by atoms with Crippen molar-refractivity contribution in [2.45, 2.75) is 67.2 Å². The van der Waals surface area contributed by atoms with E-state index in [1.807, 2.05) is 6.92 Å². The van der Waals surface area contributed by atoms with Crippen molar-refractivity contribution in [2.75, 3.05) is 11.5 Å². The molecule has 0 aliphatic carbocycles. The summed E-state index contributed by atoms with van der Waals surface area (Å²) in [6, 6.07) is 0. The van der Waals surface area contributed by atoms with Crippen molar-refractivity contribution in [1.82, 2.24) is 0 Å². The molecule has 120 valence electrons. The van der Waals surface area contributed by atoms with Crippen molar-refractivity contribution in [2.24, 2.45) is 5.92 Å². The fourth-order valence-electron chi connectivity index (χ4n) is 2.91. The third-order valence-corrected chi connectivity index (χ3v) is 7.55. The average molecular weight is 401 g/mol. The molecule has 0 aromatic heterocycles. The van der Waals surface area contributed by atoms with Gasteiger partial charge in [0.2, 0.25) is 0 Å². The number of aliphatic hydroxyl groups excluding tert-OH is 3. The summed E-state index contributed by atoms with van der Waals surface area (Å²) in [5.74, 6) is -0.0209. The van der Waals surface area contributed by atoms with Crippen LogP contribution in [-0.2, 0) is 9.47 Å². The molecule has 2 rings (SSSR count). The molecule has 3 N–H and O–H groups in total. The number of ether oxygens (including phenoxy) is 2. The van der Waals surface area contributed by atoms with Gasteiger partial charge in [-0.15, -0.1) is 0 Å². The van der Waals surface area contributed by atoms with Crippen molar-refractivity contribution in [3.05, 3.63) is 0 Å². The fourth-order valence-corrected chi connectivity index (χ4v) is 5.29. The van der Waals surface area contributed by atoms with Crippen LogP contribution < -0.4 is 21.2 Å². The predicted molar refractivity (Wildman–Crippen MR) is 70.2 cm³/mol. The van der Waals surface area contributed by atoms with Crippen molar-refractivity contribution in [3.8, 4) is 0 Å². The van der Waals surface area contributed by atoms with Crippen LogP contribution in [0.3, 0.4) is 0 Å². The second-order valence-corrected chi connectivity index (χ2v) is 8.58. The quantitative estimate of drug-likeness (QED) is 0.248. The van der Waals surface area contributed by atoms with E-state index < -0.39 is 12.2 Å². The van der Waals surface area contributed by atoms with Crippen LogP contribution in [0, 0.1) is 5.92 Å². The SMILES string of the molecule is C[I-]C([C@H](C)O)[C@@H]1O[C@H]1CCC1COC(C)[C@H](O)[C@@H]1O. The van der Waals surface area contributed by atoms with E-state index in [2.05, 4.69) is 4.93 Å². The van der Waals surface area contributed by atoms with Crippen LogP contribution in [0.5, 0.6) is 0 Å². The van der Waals surface area contributed by atoms with E-state index in [9.17, 15) is 15.3 Å². The van der Waals surface area contributed by atoms with E-state index in [1.54, 1.807) is 6.92 Å². The Morgan fingerprint density at radius 1 is 1.25 bits per heavy atom. The molecule has 0 radical (unpaired) electrons. The Balaban J connectivity index is 1.74. The van der Waals surface area contributed by atoms with Gasteiger partial charge in [-0.05, 0) is 0 Å².